The first-order chi connectivity index (χ1) is 15.3. The standard InChI is InChI=1S/C23H23N5O4/c1-5-32-23(31)19-14(3)20(26-15(19)4)18(29)11-27-12-24-21-16(22(27)30)10-25-28(21)17-9-7-6-8-13(17)2/h6-10,12,26H,5,11H2,1-4H3. The lowest BCUT2D eigenvalue weighted by Crippen LogP contribution is -2.25. The van der Waals surface area contributed by atoms with Crippen molar-refractivity contribution in [3.05, 3.63) is 75.2 Å². The molecule has 0 saturated heterocycles. The van der Waals surface area contributed by atoms with Gasteiger partial charge in [0, 0.05) is 5.69 Å². The Labute approximate surface area is 183 Å². The number of rotatable bonds is 6. The molecule has 0 unspecified atom stereocenters. The van der Waals surface area contributed by atoms with Crippen LogP contribution in [0.5, 0.6) is 0 Å². The predicted octanol–water partition coefficient (Wildman–Crippen LogP) is 2.90. The minimum Gasteiger partial charge on any atom is -0.462 e. The van der Waals surface area contributed by atoms with Crippen molar-refractivity contribution in [1.82, 2.24) is 24.3 Å². The Morgan fingerprint density at radius 2 is 1.91 bits per heavy atom. The highest BCUT2D eigenvalue weighted by Crippen LogP contribution is 2.20. The molecule has 164 valence electrons. The third kappa shape index (κ3) is 3.51. The summed E-state index contributed by atoms with van der Waals surface area (Å²) in [5, 5.41) is 4.64. The molecule has 1 N–H and O–H groups in total. The van der Waals surface area contributed by atoms with Crippen LogP contribution in [0.4, 0.5) is 0 Å². The molecule has 0 spiro atoms. The Morgan fingerprint density at radius 3 is 2.62 bits per heavy atom. The molecule has 4 rings (SSSR count). The van der Waals surface area contributed by atoms with Crippen molar-refractivity contribution in [3.8, 4) is 5.69 Å². The summed E-state index contributed by atoms with van der Waals surface area (Å²) in [6.07, 6.45) is 2.80. The maximum absolute atomic E-state index is 13.0. The first-order valence-corrected chi connectivity index (χ1v) is 10.2. The number of fused-ring (bicyclic) bond motifs is 1. The molecular weight excluding hydrogens is 410 g/mol. The molecule has 0 radical (unpaired) electrons. The zero-order chi connectivity index (χ0) is 23.0. The van der Waals surface area contributed by atoms with E-state index in [0.717, 1.165) is 11.3 Å². The molecule has 0 amide bonds. The number of nitrogens with one attached hydrogen (secondary N) is 1. The Hall–Kier alpha value is -4.01. The normalized spacial score (nSPS) is 11.1. The molecule has 3 aromatic heterocycles. The van der Waals surface area contributed by atoms with Crippen molar-refractivity contribution in [2.75, 3.05) is 6.61 Å². The summed E-state index contributed by atoms with van der Waals surface area (Å²) in [5.41, 5.74) is 3.54. The van der Waals surface area contributed by atoms with Gasteiger partial charge < -0.3 is 9.72 Å². The van der Waals surface area contributed by atoms with Gasteiger partial charge in [0.05, 0.1) is 36.3 Å². The number of carbonyl (C=O) groups excluding carboxylic acids is 2. The first-order valence-electron chi connectivity index (χ1n) is 10.2. The molecule has 0 saturated carbocycles. The molecule has 0 bridgehead atoms. The van der Waals surface area contributed by atoms with E-state index in [9.17, 15) is 14.4 Å². The van der Waals surface area contributed by atoms with Gasteiger partial charge in [0.15, 0.2) is 11.4 Å². The summed E-state index contributed by atoms with van der Waals surface area (Å²) in [6, 6.07) is 7.67. The Bertz CT molecular complexity index is 1410. The third-order valence-electron chi connectivity index (χ3n) is 5.41. The van der Waals surface area contributed by atoms with Gasteiger partial charge in [0.25, 0.3) is 5.56 Å². The number of aromatic amines is 1. The lowest BCUT2D eigenvalue weighted by Gasteiger charge is -2.08. The van der Waals surface area contributed by atoms with Crippen LogP contribution in [0.25, 0.3) is 16.7 Å². The number of hydrogen-bond donors (Lipinski definition) is 1. The van der Waals surface area contributed by atoms with Gasteiger partial charge in [-0.1, -0.05) is 18.2 Å². The van der Waals surface area contributed by atoms with Gasteiger partial charge in [-0.05, 0) is 44.9 Å². The van der Waals surface area contributed by atoms with Crippen LogP contribution < -0.4 is 5.56 Å². The van der Waals surface area contributed by atoms with E-state index in [4.69, 9.17) is 4.74 Å². The third-order valence-corrected chi connectivity index (χ3v) is 5.41. The maximum atomic E-state index is 13.0. The van der Waals surface area contributed by atoms with Crippen molar-refractivity contribution in [2.24, 2.45) is 0 Å². The molecule has 3 heterocycles. The van der Waals surface area contributed by atoms with Crippen LogP contribution in [-0.4, -0.2) is 42.7 Å². The second-order valence-corrected chi connectivity index (χ2v) is 7.53. The predicted molar refractivity (Wildman–Crippen MR) is 118 cm³/mol. The fraction of sp³-hybridized carbons (Fsp3) is 0.261. The quantitative estimate of drug-likeness (QED) is 0.370. The van der Waals surface area contributed by atoms with Crippen molar-refractivity contribution < 1.29 is 14.3 Å². The Morgan fingerprint density at radius 1 is 1.16 bits per heavy atom. The van der Waals surface area contributed by atoms with Crippen LogP contribution in [0.3, 0.4) is 0 Å². The number of benzene rings is 1. The number of H-pyrrole nitrogens is 1. The van der Waals surface area contributed by atoms with E-state index in [-0.39, 0.29) is 30.2 Å². The van der Waals surface area contributed by atoms with Gasteiger partial charge in [-0.3, -0.25) is 14.2 Å². The molecular formula is C23H23N5O4. The second-order valence-electron chi connectivity index (χ2n) is 7.53. The number of carbonyl (C=O) groups is 2. The zero-order valence-corrected chi connectivity index (χ0v) is 18.3. The molecule has 4 aromatic rings. The van der Waals surface area contributed by atoms with Crippen molar-refractivity contribution in [2.45, 2.75) is 34.2 Å². The first kappa shape index (κ1) is 21.2. The summed E-state index contributed by atoms with van der Waals surface area (Å²) in [7, 11) is 0. The van der Waals surface area contributed by atoms with E-state index in [0.29, 0.717) is 27.9 Å². The van der Waals surface area contributed by atoms with Gasteiger partial charge in [-0.25, -0.2) is 14.5 Å². The number of aryl methyl sites for hydroxylation is 2. The van der Waals surface area contributed by atoms with Crippen LogP contribution in [0.2, 0.25) is 0 Å². The summed E-state index contributed by atoms with van der Waals surface area (Å²) in [5.74, 6) is -0.822. The Kier molecular flexibility index (Phi) is 5.48. The highest BCUT2D eigenvalue weighted by molar-refractivity contribution is 6.01. The molecule has 0 aliphatic heterocycles. The van der Waals surface area contributed by atoms with E-state index in [2.05, 4.69) is 15.1 Å². The number of hydrogen-bond acceptors (Lipinski definition) is 6. The van der Waals surface area contributed by atoms with Gasteiger partial charge in [-0.15, -0.1) is 0 Å². The molecule has 9 heteroatoms. The molecule has 0 aliphatic carbocycles. The average molecular weight is 433 g/mol. The summed E-state index contributed by atoms with van der Waals surface area (Å²) in [6.45, 7) is 7.07. The van der Waals surface area contributed by atoms with Crippen LogP contribution in [0.1, 0.15) is 44.6 Å². The number of esters is 1. The molecule has 1 aromatic carbocycles. The lowest BCUT2D eigenvalue weighted by molar-refractivity contribution is 0.0525. The summed E-state index contributed by atoms with van der Waals surface area (Å²) >= 11 is 0. The topological polar surface area (TPSA) is 112 Å². The Balaban J connectivity index is 1.68. The molecule has 0 aliphatic rings. The van der Waals surface area contributed by atoms with Gasteiger partial charge in [-0.2, -0.15) is 5.10 Å². The molecule has 0 fully saturated rings. The van der Waals surface area contributed by atoms with Crippen molar-refractivity contribution >= 4 is 22.8 Å². The van der Waals surface area contributed by atoms with E-state index < -0.39 is 5.97 Å². The van der Waals surface area contributed by atoms with Crippen molar-refractivity contribution in [3.63, 3.8) is 0 Å². The van der Waals surface area contributed by atoms with Gasteiger partial charge >= 0.3 is 5.97 Å². The number of Topliss-reactive ketones (excluding diaryl/α,β-unsaturated/α-hetero) is 1. The van der Waals surface area contributed by atoms with Crippen LogP contribution in [-0.2, 0) is 11.3 Å². The molecule has 9 nitrogen and oxygen atoms in total. The monoisotopic (exact) mass is 433 g/mol. The van der Waals surface area contributed by atoms with E-state index in [1.165, 1.54) is 17.1 Å². The zero-order valence-electron chi connectivity index (χ0n) is 18.3. The number of ketones is 1. The molecule has 32 heavy (non-hydrogen) atoms. The smallest absolute Gasteiger partial charge is 0.340 e. The average Bonchev–Trinajstić information content (AvgIpc) is 3.31. The van der Waals surface area contributed by atoms with E-state index in [1.54, 1.807) is 25.5 Å². The highest BCUT2D eigenvalue weighted by atomic mass is 16.5. The SMILES string of the molecule is CCOC(=O)c1c(C)[nH]c(C(=O)Cn2cnc3c(cnn3-c3ccccc3C)c2=O)c1C. The second kappa shape index (κ2) is 8.26. The number of para-hydroxylation sites is 1. The van der Waals surface area contributed by atoms with E-state index in [1.807, 2.05) is 31.2 Å². The summed E-state index contributed by atoms with van der Waals surface area (Å²) < 4.78 is 7.93. The minimum absolute atomic E-state index is 0.222. The summed E-state index contributed by atoms with van der Waals surface area (Å²) in [4.78, 5) is 45.5. The number of ether oxygens (including phenoxy) is 1. The largest absolute Gasteiger partial charge is 0.462 e. The minimum atomic E-state index is -0.485. The van der Waals surface area contributed by atoms with Crippen LogP contribution in [0.15, 0.2) is 41.6 Å². The van der Waals surface area contributed by atoms with Crippen molar-refractivity contribution in [1.29, 1.82) is 0 Å². The van der Waals surface area contributed by atoms with Crippen LogP contribution in [0, 0.1) is 20.8 Å². The number of aromatic nitrogens is 5. The fourth-order valence-electron chi connectivity index (χ4n) is 3.81. The highest BCUT2D eigenvalue weighted by Gasteiger charge is 2.23. The van der Waals surface area contributed by atoms with Gasteiger partial charge in [0.1, 0.15) is 11.7 Å². The fourth-order valence-corrected chi connectivity index (χ4v) is 3.81. The maximum Gasteiger partial charge on any atom is 0.340 e. The lowest BCUT2D eigenvalue weighted by atomic mass is 10.1. The van der Waals surface area contributed by atoms with E-state index >= 15 is 0 Å². The molecule has 0 atom stereocenters. The number of nitrogens with zero attached hydrogens (tertiary/aromatic N) is 4. The van der Waals surface area contributed by atoms with Gasteiger partial charge in [0.2, 0.25) is 0 Å². The van der Waals surface area contributed by atoms with Crippen LogP contribution >= 0.6 is 0 Å².